The highest BCUT2D eigenvalue weighted by Crippen LogP contribution is 2.31. The summed E-state index contributed by atoms with van der Waals surface area (Å²) in [5.41, 5.74) is 0.0759. The molecule has 0 aliphatic carbocycles. The monoisotopic (exact) mass is 279 g/mol. The number of hydrogen-bond acceptors (Lipinski definition) is 2. The largest absolute Gasteiger partial charge is 0.433 e. The molecule has 3 nitrogen and oxygen atoms in total. The average molecular weight is 279 g/mol. The van der Waals surface area contributed by atoms with Crippen molar-refractivity contribution in [1.29, 1.82) is 0 Å². The van der Waals surface area contributed by atoms with Crippen LogP contribution in [0.25, 0.3) is 0 Å². The van der Waals surface area contributed by atoms with Crippen molar-refractivity contribution in [1.82, 2.24) is 14.8 Å². The van der Waals surface area contributed by atoms with E-state index in [1.807, 2.05) is 13.8 Å². The van der Waals surface area contributed by atoms with E-state index in [4.69, 9.17) is 7.85 Å². The van der Waals surface area contributed by atoms with Gasteiger partial charge < -0.3 is 0 Å². The van der Waals surface area contributed by atoms with Gasteiger partial charge >= 0.3 is 6.18 Å². The van der Waals surface area contributed by atoms with Crippen molar-refractivity contribution in [2.75, 3.05) is 0 Å². The first kappa shape index (κ1) is 14.6. The second-order valence-corrected chi connectivity index (χ2v) is 4.91. The molecule has 2 aromatic rings. The minimum absolute atomic E-state index is 0.0535. The van der Waals surface area contributed by atoms with E-state index in [1.165, 1.54) is 12.4 Å². The summed E-state index contributed by atoms with van der Waals surface area (Å²) in [4.78, 5) is 3.37. The fraction of sp³-hybridized carbons (Fsp3) is 0.385. The van der Waals surface area contributed by atoms with E-state index < -0.39 is 11.9 Å². The van der Waals surface area contributed by atoms with E-state index in [9.17, 15) is 13.2 Å². The van der Waals surface area contributed by atoms with Crippen LogP contribution < -0.4 is 5.46 Å². The summed E-state index contributed by atoms with van der Waals surface area (Å²) >= 11 is 0. The molecule has 7 heteroatoms. The molecule has 0 aliphatic heterocycles. The van der Waals surface area contributed by atoms with Gasteiger partial charge in [0, 0.05) is 18.6 Å². The lowest BCUT2D eigenvalue weighted by Crippen LogP contribution is -2.19. The Hall–Kier alpha value is -1.79. The van der Waals surface area contributed by atoms with Crippen molar-refractivity contribution in [3.05, 3.63) is 42.0 Å². The molecule has 2 rings (SSSR count). The summed E-state index contributed by atoms with van der Waals surface area (Å²) in [6, 6.07) is 2.30. The summed E-state index contributed by atoms with van der Waals surface area (Å²) in [5, 5.41) is 4.10. The Morgan fingerprint density at radius 2 is 2.00 bits per heavy atom. The van der Waals surface area contributed by atoms with Crippen molar-refractivity contribution in [3.8, 4) is 0 Å². The fourth-order valence-corrected chi connectivity index (χ4v) is 2.13. The lowest BCUT2D eigenvalue weighted by atomic mass is 9.96. The molecule has 0 fully saturated rings. The van der Waals surface area contributed by atoms with E-state index in [0.29, 0.717) is 11.0 Å². The van der Waals surface area contributed by atoms with Crippen molar-refractivity contribution in [3.63, 3.8) is 0 Å². The number of aromatic nitrogens is 3. The topological polar surface area (TPSA) is 30.7 Å². The van der Waals surface area contributed by atoms with Crippen molar-refractivity contribution >= 4 is 13.3 Å². The van der Waals surface area contributed by atoms with Crippen LogP contribution in [0.1, 0.15) is 31.1 Å². The normalized spacial score (nSPS) is 13.7. The van der Waals surface area contributed by atoms with E-state index >= 15 is 0 Å². The van der Waals surface area contributed by atoms with Crippen LogP contribution in [-0.4, -0.2) is 22.6 Å². The van der Waals surface area contributed by atoms with Gasteiger partial charge in [-0.25, -0.2) is 0 Å². The molecule has 1 unspecified atom stereocenters. The van der Waals surface area contributed by atoms with Crippen molar-refractivity contribution in [2.45, 2.75) is 26.1 Å². The van der Waals surface area contributed by atoms with Gasteiger partial charge in [-0.1, -0.05) is 19.3 Å². The van der Waals surface area contributed by atoms with Crippen LogP contribution in [0.5, 0.6) is 0 Å². The van der Waals surface area contributed by atoms with Crippen LogP contribution in [0.2, 0.25) is 0 Å². The fourth-order valence-electron chi connectivity index (χ4n) is 2.13. The van der Waals surface area contributed by atoms with Crippen LogP contribution >= 0.6 is 0 Å². The van der Waals surface area contributed by atoms with Gasteiger partial charge in [-0.05, 0) is 23.6 Å². The summed E-state index contributed by atoms with van der Waals surface area (Å²) in [6.45, 7) is 3.83. The molecule has 0 N–H and O–H groups in total. The predicted octanol–water partition coefficient (Wildman–Crippen LogP) is 2.34. The number of halogens is 3. The molecule has 2 radical (unpaired) electrons. The Morgan fingerprint density at radius 3 is 2.50 bits per heavy atom. The van der Waals surface area contributed by atoms with Crippen molar-refractivity contribution in [2.24, 2.45) is 5.92 Å². The molecule has 0 amide bonds. The van der Waals surface area contributed by atoms with Crippen LogP contribution in [-0.2, 0) is 6.18 Å². The smallest absolute Gasteiger partial charge is 0.266 e. The van der Waals surface area contributed by atoms with Crippen molar-refractivity contribution < 1.29 is 13.2 Å². The first-order valence-electron chi connectivity index (χ1n) is 6.12. The number of hydrogen-bond donors (Lipinski definition) is 0. The van der Waals surface area contributed by atoms with E-state index in [1.54, 1.807) is 16.9 Å². The number of nitrogens with zero attached hydrogens (tertiary/aromatic N) is 3. The number of rotatable bonds is 3. The Morgan fingerprint density at radius 1 is 1.30 bits per heavy atom. The molecular formula is C13H13BF3N3. The SMILES string of the molecule is [B]c1cnn(C(c2ccnc(C(F)(F)F)c2)C(C)C)c1. The lowest BCUT2D eigenvalue weighted by Gasteiger charge is -2.22. The van der Waals surface area contributed by atoms with Gasteiger partial charge in [0.2, 0.25) is 0 Å². The average Bonchev–Trinajstić information content (AvgIpc) is 2.74. The van der Waals surface area contributed by atoms with Gasteiger partial charge in [-0.2, -0.15) is 18.3 Å². The Labute approximate surface area is 116 Å². The third-order valence-corrected chi connectivity index (χ3v) is 2.95. The Kier molecular flexibility index (Phi) is 3.88. The zero-order chi connectivity index (χ0) is 14.9. The van der Waals surface area contributed by atoms with Gasteiger partial charge in [0.1, 0.15) is 13.5 Å². The molecule has 2 heterocycles. The minimum Gasteiger partial charge on any atom is -0.266 e. The Bertz CT molecular complexity index is 593. The second-order valence-electron chi connectivity index (χ2n) is 4.91. The van der Waals surface area contributed by atoms with Gasteiger partial charge in [0.15, 0.2) is 0 Å². The first-order chi connectivity index (χ1) is 9.29. The van der Waals surface area contributed by atoms with Crippen LogP contribution in [0, 0.1) is 5.92 Å². The highest BCUT2D eigenvalue weighted by molar-refractivity contribution is 6.31. The number of pyridine rings is 1. The molecule has 2 aromatic heterocycles. The summed E-state index contributed by atoms with van der Waals surface area (Å²) < 4.78 is 39.8. The maximum Gasteiger partial charge on any atom is 0.433 e. The molecule has 104 valence electrons. The Balaban J connectivity index is 2.45. The molecule has 0 saturated carbocycles. The molecule has 0 spiro atoms. The summed E-state index contributed by atoms with van der Waals surface area (Å²) in [7, 11) is 5.62. The maximum absolute atomic E-state index is 12.7. The molecule has 20 heavy (non-hydrogen) atoms. The third-order valence-electron chi connectivity index (χ3n) is 2.95. The molecule has 0 aromatic carbocycles. The van der Waals surface area contributed by atoms with Gasteiger partial charge in [-0.15, -0.1) is 0 Å². The summed E-state index contributed by atoms with van der Waals surface area (Å²) in [5.74, 6) is 0.0535. The molecule has 0 saturated heterocycles. The van der Waals surface area contributed by atoms with Gasteiger partial charge in [0.25, 0.3) is 0 Å². The zero-order valence-electron chi connectivity index (χ0n) is 11.1. The summed E-state index contributed by atoms with van der Waals surface area (Å²) in [6.07, 6.45) is -0.208. The van der Waals surface area contributed by atoms with Crippen LogP contribution in [0.4, 0.5) is 13.2 Å². The highest BCUT2D eigenvalue weighted by Gasteiger charge is 2.33. The zero-order valence-corrected chi connectivity index (χ0v) is 11.1. The molecule has 0 aliphatic rings. The third kappa shape index (κ3) is 3.03. The molecular weight excluding hydrogens is 266 g/mol. The molecule has 1 atom stereocenters. The standard InChI is InChI=1S/C13H13BF3N3/c1-8(2)12(20-7-10(14)6-19-20)9-3-4-18-11(5-9)13(15,16)17/h3-8,12H,1-2H3. The van der Waals surface area contributed by atoms with Crippen LogP contribution in [0.15, 0.2) is 30.7 Å². The second kappa shape index (κ2) is 5.30. The highest BCUT2D eigenvalue weighted by atomic mass is 19.4. The lowest BCUT2D eigenvalue weighted by molar-refractivity contribution is -0.141. The quantitative estimate of drug-likeness (QED) is 0.807. The number of alkyl halides is 3. The molecule has 0 bridgehead atoms. The van der Waals surface area contributed by atoms with Gasteiger partial charge in [0.05, 0.1) is 6.04 Å². The van der Waals surface area contributed by atoms with E-state index in [-0.39, 0.29) is 12.0 Å². The minimum atomic E-state index is -4.46. The maximum atomic E-state index is 12.7. The predicted molar refractivity (Wildman–Crippen MR) is 69.8 cm³/mol. The first-order valence-corrected chi connectivity index (χ1v) is 6.12. The van der Waals surface area contributed by atoms with Gasteiger partial charge in [-0.3, -0.25) is 9.67 Å². The van der Waals surface area contributed by atoms with Crippen LogP contribution in [0.3, 0.4) is 0 Å². The van der Waals surface area contributed by atoms with E-state index in [2.05, 4.69) is 10.1 Å². The van der Waals surface area contributed by atoms with E-state index in [0.717, 1.165) is 6.07 Å².